The molecule has 0 aliphatic carbocycles. The normalized spacial score (nSPS) is 11.0. The van der Waals surface area contributed by atoms with Crippen molar-refractivity contribution in [2.75, 3.05) is 0 Å². The van der Waals surface area contributed by atoms with Crippen LogP contribution in [0, 0.1) is 19.7 Å². The molecule has 118 valence electrons. The molecule has 0 aliphatic heterocycles. The van der Waals surface area contributed by atoms with Crippen LogP contribution in [0.1, 0.15) is 22.3 Å². The highest BCUT2D eigenvalue weighted by atomic mass is 19.3. The van der Waals surface area contributed by atoms with Crippen molar-refractivity contribution in [3.63, 3.8) is 0 Å². The van der Waals surface area contributed by atoms with Crippen LogP contribution in [0.4, 0.5) is 13.2 Å². The van der Waals surface area contributed by atoms with Crippen molar-refractivity contribution >= 4 is 0 Å². The second-order valence-corrected chi connectivity index (χ2v) is 5.17. The van der Waals surface area contributed by atoms with Gasteiger partial charge >= 0.3 is 6.61 Å². The molecule has 0 radical (unpaired) electrons. The second kappa shape index (κ2) is 7.31. The molecule has 2 nitrogen and oxygen atoms in total. The summed E-state index contributed by atoms with van der Waals surface area (Å²) in [6, 6.07) is 9.92. The van der Waals surface area contributed by atoms with Crippen molar-refractivity contribution in [1.29, 1.82) is 0 Å². The molecule has 0 spiro atoms. The average Bonchev–Trinajstić information content (AvgIpc) is 2.45. The lowest BCUT2D eigenvalue weighted by Gasteiger charge is -2.13. The monoisotopic (exact) mass is 309 g/mol. The Kier molecular flexibility index (Phi) is 5.44. The lowest BCUT2D eigenvalue weighted by atomic mass is 10.1. The molecule has 0 bridgehead atoms. The van der Waals surface area contributed by atoms with Gasteiger partial charge in [-0.3, -0.25) is 0 Å². The van der Waals surface area contributed by atoms with Gasteiger partial charge < -0.3 is 10.1 Å². The van der Waals surface area contributed by atoms with Crippen LogP contribution in [0.15, 0.2) is 36.4 Å². The Balaban J connectivity index is 1.97. The lowest BCUT2D eigenvalue weighted by Crippen LogP contribution is -2.13. The van der Waals surface area contributed by atoms with Crippen LogP contribution in [0.25, 0.3) is 0 Å². The highest BCUT2D eigenvalue weighted by Gasteiger charge is 2.11. The number of nitrogens with one attached hydrogen (secondary N) is 1. The van der Waals surface area contributed by atoms with Gasteiger partial charge in [-0.05, 0) is 48.2 Å². The highest BCUT2D eigenvalue weighted by Crippen LogP contribution is 2.26. The Hall–Kier alpha value is -2.01. The van der Waals surface area contributed by atoms with Crippen molar-refractivity contribution in [3.8, 4) is 5.75 Å². The third kappa shape index (κ3) is 4.49. The molecule has 0 fully saturated rings. The molecule has 0 saturated heterocycles. The number of rotatable bonds is 6. The van der Waals surface area contributed by atoms with E-state index in [0.29, 0.717) is 24.2 Å². The molecule has 0 amide bonds. The maximum absolute atomic E-state index is 12.8. The van der Waals surface area contributed by atoms with Gasteiger partial charge in [0.05, 0.1) is 0 Å². The molecule has 0 heterocycles. The van der Waals surface area contributed by atoms with E-state index in [1.54, 1.807) is 26.0 Å². The van der Waals surface area contributed by atoms with Crippen molar-refractivity contribution in [2.24, 2.45) is 0 Å². The zero-order chi connectivity index (χ0) is 16.1. The van der Waals surface area contributed by atoms with Gasteiger partial charge in [0.25, 0.3) is 0 Å². The van der Waals surface area contributed by atoms with Crippen LogP contribution >= 0.6 is 0 Å². The molecule has 2 aromatic rings. The molecule has 0 atom stereocenters. The van der Waals surface area contributed by atoms with Crippen LogP contribution in [0.3, 0.4) is 0 Å². The summed E-state index contributed by atoms with van der Waals surface area (Å²) in [6.07, 6.45) is 0. The average molecular weight is 309 g/mol. The minimum Gasteiger partial charge on any atom is -0.434 e. The smallest absolute Gasteiger partial charge is 0.387 e. The molecule has 0 aromatic heterocycles. The number of aryl methyl sites for hydroxylation is 2. The number of benzene rings is 2. The molecule has 0 saturated carbocycles. The number of hydrogen-bond acceptors (Lipinski definition) is 2. The van der Waals surface area contributed by atoms with Crippen LogP contribution in [-0.2, 0) is 13.1 Å². The summed E-state index contributed by atoms with van der Waals surface area (Å²) in [7, 11) is 0. The summed E-state index contributed by atoms with van der Waals surface area (Å²) in [5, 5.41) is 3.24. The van der Waals surface area contributed by atoms with E-state index in [1.165, 1.54) is 12.1 Å². The zero-order valence-corrected chi connectivity index (χ0v) is 12.5. The van der Waals surface area contributed by atoms with Crippen molar-refractivity contribution in [3.05, 3.63) is 64.5 Å². The van der Waals surface area contributed by atoms with Crippen molar-refractivity contribution in [2.45, 2.75) is 33.5 Å². The first-order chi connectivity index (χ1) is 10.5. The van der Waals surface area contributed by atoms with E-state index in [0.717, 1.165) is 11.1 Å². The molecule has 5 heteroatoms. The molecule has 2 rings (SSSR count). The Morgan fingerprint density at radius 3 is 2.05 bits per heavy atom. The van der Waals surface area contributed by atoms with E-state index in [4.69, 9.17) is 0 Å². The van der Waals surface area contributed by atoms with E-state index in [9.17, 15) is 13.2 Å². The SMILES string of the molecule is Cc1cc(CNCc2ccc(F)cc2)cc(C)c1OC(F)F. The van der Waals surface area contributed by atoms with Crippen LogP contribution in [0.2, 0.25) is 0 Å². The third-order valence-corrected chi connectivity index (χ3v) is 3.30. The number of hydrogen-bond donors (Lipinski definition) is 1. The summed E-state index contributed by atoms with van der Waals surface area (Å²) in [4.78, 5) is 0. The maximum atomic E-state index is 12.8. The van der Waals surface area contributed by atoms with Gasteiger partial charge in [0.2, 0.25) is 0 Å². The first-order valence-corrected chi connectivity index (χ1v) is 6.96. The van der Waals surface area contributed by atoms with Crippen LogP contribution < -0.4 is 10.1 Å². The van der Waals surface area contributed by atoms with Gasteiger partial charge in [-0.15, -0.1) is 0 Å². The zero-order valence-electron chi connectivity index (χ0n) is 12.5. The first-order valence-electron chi connectivity index (χ1n) is 6.96. The van der Waals surface area contributed by atoms with E-state index < -0.39 is 6.61 Å². The Bertz CT molecular complexity index is 603. The topological polar surface area (TPSA) is 21.3 Å². The van der Waals surface area contributed by atoms with Gasteiger partial charge in [0.1, 0.15) is 11.6 Å². The predicted molar refractivity (Wildman–Crippen MR) is 79.5 cm³/mol. The first kappa shape index (κ1) is 16.4. The van der Waals surface area contributed by atoms with Gasteiger partial charge in [-0.25, -0.2) is 4.39 Å². The predicted octanol–water partition coefficient (Wildman–Crippen LogP) is 4.33. The minimum atomic E-state index is -2.82. The second-order valence-electron chi connectivity index (χ2n) is 5.17. The lowest BCUT2D eigenvalue weighted by molar-refractivity contribution is -0.0507. The highest BCUT2D eigenvalue weighted by molar-refractivity contribution is 5.43. The quantitative estimate of drug-likeness (QED) is 0.857. The fourth-order valence-corrected chi connectivity index (χ4v) is 2.37. The van der Waals surface area contributed by atoms with Gasteiger partial charge in [0, 0.05) is 13.1 Å². The summed E-state index contributed by atoms with van der Waals surface area (Å²) in [6.45, 7) is 1.86. The van der Waals surface area contributed by atoms with Gasteiger partial charge in [-0.1, -0.05) is 24.3 Å². The Morgan fingerprint density at radius 1 is 0.955 bits per heavy atom. The Labute approximate surface area is 127 Å². The van der Waals surface area contributed by atoms with Gasteiger partial charge in [-0.2, -0.15) is 8.78 Å². The third-order valence-electron chi connectivity index (χ3n) is 3.30. The van der Waals surface area contributed by atoms with E-state index in [2.05, 4.69) is 10.1 Å². The number of halogens is 3. The minimum absolute atomic E-state index is 0.234. The van der Waals surface area contributed by atoms with E-state index in [-0.39, 0.29) is 11.6 Å². The maximum Gasteiger partial charge on any atom is 0.387 e. The molecule has 2 aromatic carbocycles. The molecule has 22 heavy (non-hydrogen) atoms. The van der Waals surface area contributed by atoms with Crippen LogP contribution in [-0.4, -0.2) is 6.61 Å². The van der Waals surface area contributed by atoms with Crippen molar-refractivity contribution < 1.29 is 17.9 Å². The fraction of sp³-hybridized carbons (Fsp3) is 0.294. The van der Waals surface area contributed by atoms with E-state index in [1.807, 2.05) is 12.1 Å². The molecule has 0 unspecified atom stereocenters. The molecular weight excluding hydrogens is 291 g/mol. The molecular formula is C17H18F3NO. The largest absolute Gasteiger partial charge is 0.434 e. The number of ether oxygens (including phenoxy) is 1. The molecule has 1 N–H and O–H groups in total. The number of alkyl halides is 2. The van der Waals surface area contributed by atoms with Gasteiger partial charge in [0.15, 0.2) is 0 Å². The standard InChI is InChI=1S/C17H18F3NO/c1-11-7-14(8-12(2)16(11)22-17(19)20)10-21-9-13-3-5-15(18)6-4-13/h3-8,17,21H,9-10H2,1-2H3. The van der Waals surface area contributed by atoms with Crippen LogP contribution in [0.5, 0.6) is 5.75 Å². The fourth-order valence-electron chi connectivity index (χ4n) is 2.37. The van der Waals surface area contributed by atoms with Crippen molar-refractivity contribution in [1.82, 2.24) is 5.32 Å². The Morgan fingerprint density at radius 2 is 1.50 bits per heavy atom. The summed E-state index contributed by atoms with van der Waals surface area (Å²) >= 11 is 0. The molecule has 0 aliphatic rings. The summed E-state index contributed by atoms with van der Waals surface area (Å²) < 4.78 is 42.0. The summed E-state index contributed by atoms with van der Waals surface area (Å²) in [5.41, 5.74) is 3.32. The summed E-state index contributed by atoms with van der Waals surface area (Å²) in [5.74, 6) is -0.0260. The van der Waals surface area contributed by atoms with E-state index >= 15 is 0 Å².